The summed E-state index contributed by atoms with van der Waals surface area (Å²) in [5, 5.41) is 8.65. The Hall–Kier alpha value is -1.93. The van der Waals surface area contributed by atoms with Gasteiger partial charge in [-0.2, -0.15) is 5.10 Å². The second-order valence-corrected chi connectivity index (χ2v) is 4.35. The molecule has 0 atom stereocenters. The van der Waals surface area contributed by atoms with Crippen molar-refractivity contribution in [2.75, 3.05) is 44.6 Å². The number of aromatic nitrogens is 2. The first-order valence-electron chi connectivity index (χ1n) is 6.23. The standard InChI is InChI=1S/C11H18N6O2/c12-3-4-16-5-7-17(8-6-16)11(19)13-9-1-2-10(18)15-14-9/h1-2H,3-8,12H2,(H,15,18)(H,13,14,19). The lowest BCUT2D eigenvalue weighted by molar-refractivity contribution is 0.149. The van der Waals surface area contributed by atoms with Crippen LogP contribution in [0.5, 0.6) is 0 Å². The summed E-state index contributed by atoms with van der Waals surface area (Å²) in [5.74, 6) is 0.342. The molecule has 1 aromatic heterocycles. The zero-order valence-corrected chi connectivity index (χ0v) is 10.6. The summed E-state index contributed by atoms with van der Waals surface area (Å²) < 4.78 is 0. The highest BCUT2D eigenvalue weighted by Crippen LogP contribution is 2.04. The van der Waals surface area contributed by atoms with Gasteiger partial charge in [-0.15, -0.1) is 0 Å². The zero-order valence-electron chi connectivity index (χ0n) is 10.6. The number of aromatic amines is 1. The predicted octanol–water partition coefficient (Wildman–Crippen LogP) is -1.12. The van der Waals surface area contributed by atoms with E-state index in [0.717, 1.165) is 19.6 Å². The molecule has 0 radical (unpaired) electrons. The Morgan fingerprint density at radius 2 is 2.11 bits per heavy atom. The molecule has 19 heavy (non-hydrogen) atoms. The molecule has 0 aliphatic carbocycles. The number of nitrogens with two attached hydrogens (primary N) is 1. The summed E-state index contributed by atoms with van der Waals surface area (Å²) >= 11 is 0. The van der Waals surface area contributed by atoms with Crippen molar-refractivity contribution in [3.05, 3.63) is 22.5 Å². The van der Waals surface area contributed by atoms with Crippen LogP contribution in [-0.2, 0) is 0 Å². The molecule has 1 aromatic rings. The van der Waals surface area contributed by atoms with Crippen LogP contribution in [0.15, 0.2) is 16.9 Å². The molecule has 4 N–H and O–H groups in total. The van der Waals surface area contributed by atoms with E-state index in [-0.39, 0.29) is 11.6 Å². The summed E-state index contributed by atoms with van der Waals surface area (Å²) in [6.45, 7) is 4.46. The monoisotopic (exact) mass is 266 g/mol. The van der Waals surface area contributed by atoms with Gasteiger partial charge in [0.2, 0.25) is 0 Å². The van der Waals surface area contributed by atoms with Crippen LogP contribution in [0.25, 0.3) is 0 Å². The first-order chi connectivity index (χ1) is 9.19. The zero-order chi connectivity index (χ0) is 13.7. The number of amides is 2. The maximum absolute atomic E-state index is 12.0. The van der Waals surface area contributed by atoms with Crippen molar-refractivity contribution < 1.29 is 4.79 Å². The van der Waals surface area contributed by atoms with E-state index in [1.54, 1.807) is 4.90 Å². The van der Waals surface area contributed by atoms with Gasteiger partial charge in [0.25, 0.3) is 5.56 Å². The van der Waals surface area contributed by atoms with Crippen LogP contribution in [0.4, 0.5) is 10.6 Å². The van der Waals surface area contributed by atoms with E-state index < -0.39 is 0 Å². The molecule has 2 rings (SSSR count). The van der Waals surface area contributed by atoms with Gasteiger partial charge in [-0.25, -0.2) is 9.89 Å². The van der Waals surface area contributed by atoms with Crippen LogP contribution in [-0.4, -0.2) is 65.3 Å². The molecule has 0 saturated carbocycles. The highest BCUT2D eigenvalue weighted by molar-refractivity contribution is 5.88. The van der Waals surface area contributed by atoms with Gasteiger partial charge in [-0.05, 0) is 6.07 Å². The number of H-pyrrole nitrogens is 1. The number of urea groups is 1. The fourth-order valence-electron chi connectivity index (χ4n) is 1.96. The van der Waals surface area contributed by atoms with E-state index >= 15 is 0 Å². The number of hydrogen-bond acceptors (Lipinski definition) is 5. The topological polar surface area (TPSA) is 107 Å². The molecule has 2 amide bonds. The number of piperazine rings is 1. The normalized spacial score (nSPS) is 16.4. The molecule has 0 aromatic carbocycles. The second kappa shape index (κ2) is 6.30. The third-order valence-corrected chi connectivity index (χ3v) is 3.02. The molecule has 8 nitrogen and oxygen atoms in total. The van der Waals surface area contributed by atoms with Crippen LogP contribution in [0.2, 0.25) is 0 Å². The van der Waals surface area contributed by atoms with E-state index in [9.17, 15) is 9.59 Å². The molecule has 0 unspecified atom stereocenters. The number of hydrogen-bond donors (Lipinski definition) is 3. The van der Waals surface area contributed by atoms with Gasteiger partial charge in [0.1, 0.15) is 0 Å². The van der Waals surface area contributed by atoms with Crippen molar-refractivity contribution in [3.8, 4) is 0 Å². The van der Waals surface area contributed by atoms with Crippen LogP contribution in [0, 0.1) is 0 Å². The third kappa shape index (κ3) is 3.76. The highest BCUT2D eigenvalue weighted by Gasteiger charge is 2.20. The van der Waals surface area contributed by atoms with Gasteiger partial charge < -0.3 is 10.6 Å². The minimum atomic E-state index is -0.298. The average molecular weight is 266 g/mol. The SMILES string of the molecule is NCCN1CCN(C(=O)Nc2ccc(=O)[nH]n2)CC1. The van der Waals surface area contributed by atoms with Crippen molar-refractivity contribution in [1.29, 1.82) is 0 Å². The van der Waals surface area contributed by atoms with E-state index in [2.05, 4.69) is 20.4 Å². The van der Waals surface area contributed by atoms with E-state index in [1.807, 2.05) is 0 Å². The largest absolute Gasteiger partial charge is 0.329 e. The molecule has 0 bridgehead atoms. The van der Waals surface area contributed by atoms with Crippen LogP contribution >= 0.6 is 0 Å². The Balaban J connectivity index is 1.84. The molecule has 104 valence electrons. The van der Waals surface area contributed by atoms with E-state index in [1.165, 1.54) is 12.1 Å². The summed E-state index contributed by atoms with van der Waals surface area (Å²) in [6, 6.07) is 2.59. The molecular weight excluding hydrogens is 248 g/mol. The lowest BCUT2D eigenvalue weighted by atomic mass is 10.3. The van der Waals surface area contributed by atoms with Crippen LogP contribution < -0.4 is 16.6 Å². The van der Waals surface area contributed by atoms with E-state index in [4.69, 9.17) is 5.73 Å². The first-order valence-corrected chi connectivity index (χ1v) is 6.23. The van der Waals surface area contributed by atoms with Gasteiger partial charge in [0.15, 0.2) is 5.82 Å². The highest BCUT2D eigenvalue weighted by atomic mass is 16.2. The van der Waals surface area contributed by atoms with Crippen molar-refractivity contribution >= 4 is 11.8 Å². The summed E-state index contributed by atoms with van der Waals surface area (Å²) in [5.41, 5.74) is 5.20. The number of nitrogens with zero attached hydrogens (tertiary/aromatic N) is 3. The summed E-state index contributed by atoms with van der Waals surface area (Å²) in [4.78, 5) is 26.8. The number of carbonyl (C=O) groups excluding carboxylic acids is 1. The predicted molar refractivity (Wildman–Crippen MR) is 70.9 cm³/mol. The van der Waals surface area contributed by atoms with Crippen LogP contribution in [0.3, 0.4) is 0 Å². The second-order valence-electron chi connectivity index (χ2n) is 4.35. The third-order valence-electron chi connectivity index (χ3n) is 3.02. The fraction of sp³-hybridized carbons (Fsp3) is 0.545. The minimum Gasteiger partial charge on any atom is -0.329 e. The maximum Gasteiger partial charge on any atom is 0.323 e. The Kier molecular flexibility index (Phi) is 4.48. The van der Waals surface area contributed by atoms with Gasteiger partial charge in [0.05, 0.1) is 0 Å². The lowest BCUT2D eigenvalue weighted by Gasteiger charge is -2.34. The van der Waals surface area contributed by atoms with Gasteiger partial charge in [0, 0.05) is 45.3 Å². The molecular formula is C11H18N6O2. The van der Waals surface area contributed by atoms with Gasteiger partial charge in [-0.1, -0.05) is 0 Å². The van der Waals surface area contributed by atoms with Crippen LogP contribution in [0.1, 0.15) is 0 Å². The summed E-state index contributed by atoms with van der Waals surface area (Å²) in [6.07, 6.45) is 0. The molecule has 1 aliphatic rings. The molecule has 1 aliphatic heterocycles. The Bertz CT molecular complexity index is 460. The number of rotatable bonds is 3. The van der Waals surface area contributed by atoms with Crippen molar-refractivity contribution in [3.63, 3.8) is 0 Å². The van der Waals surface area contributed by atoms with Gasteiger partial charge in [-0.3, -0.25) is 15.0 Å². The van der Waals surface area contributed by atoms with Gasteiger partial charge >= 0.3 is 6.03 Å². The minimum absolute atomic E-state index is 0.202. The van der Waals surface area contributed by atoms with Crippen molar-refractivity contribution in [2.45, 2.75) is 0 Å². The number of nitrogens with one attached hydrogen (secondary N) is 2. The smallest absolute Gasteiger partial charge is 0.323 e. The Labute approximate surface area is 110 Å². The average Bonchev–Trinajstić information content (AvgIpc) is 2.42. The van der Waals surface area contributed by atoms with Crippen molar-refractivity contribution in [1.82, 2.24) is 20.0 Å². The number of carbonyl (C=O) groups is 1. The molecule has 0 spiro atoms. The van der Waals surface area contributed by atoms with E-state index in [0.29, 0.717) is 25.5 Å². The Morgan fingerprint density at radius 3 is 2.68 bits per heavy atom. The molecule has 8 heteroatoms. The van der Waals surface area contributed by atoms with Crippen molar-refractivity contribution in [2.24, 2.45) is 5.73 Å². The Morgan fingerprint density at radius 1 is 1.37 bits per heavy atom. The molecule has 2 heterocycles. The first kappa shape index (κ1) is 13.5. The molecule has 1 fully saturated rings. The quantitative estimate of drug-likeness (QED) is 0.642. The summed E-state index contributed by atoms with van der Waals surface area (Å²) in [7, 11) is 0. The maximum atomic E-state index is 12.0. The molecule has 1 saturated heterocycles. The fourth-order valence-corrected chi connectivity index (χ4v) is 1.96. The number of anilines is 1. The lowest BCUT2D eigenvalue weighted by Crippen LogP contribution is -2.51.